The third-order valence-corrected chi connectivity index (χ3v) is 5.87. The van der Waals surface area contributed by atoms with Gasteiger partial charge in [0, 0.05) is 7.05 Å². The van der Waals surface area contributed by atoms with E-state index in [0.717, 1.165) is 5.52 Å². The lowest BCUT2D eigenvalue weighted by atomic mass is 10.3. The maximum Gasteiger partial charge on any atom is 0.238 e. The number of benzene rings is 2. The minimum Gasteiger partial charge on any atom is -0.492 e. The van der Waals surface area contributed by atoms with Gasteiger partial charge in [0.05, 0.1) is 34.0 Å². The summed E-state index contributed by atoms with van der Waals surface area (Å²) in [5, 5.41) is 8.59. The molecule has 3 rings (SSSR count). The molecule has 0 saturated heterocycles. The van der Waals surface area contributed by atoms with Crippen LogP contribution in [0.5, 0.6) is 5.75 Å². The van der Waals surface area contributed by atoms with Gasteiger partial charge in [0.25, 0.3) is 0 Å². The van der Waals surface area contributed by atoms with Gasteiger partial charge in [0.15, 0.2) is 5.16 Å². The van der Waals surface area contributed by atoms with E-state index in [4.69, 9.17) is 9.88 Å². The molecule has 0 radical (unpaired) electrons. The second kappa shape index (κ2) is 8.21. The Kier molecular flexibility index (Phi) is 5.92. The first-order chi connectivity index (χ1) is 13.3. The number of thioether (sulfide) groups is 1. The van der Waals surface area contributed by atoms with E-state index in [2.05, 4.69) is 10.3 Å². The number of hydrogen-bond donors (Lipinski definition) is 2. The largest absolute Gasteiger partial charge is 0.492 e. The lowest BCUT2D eigenvalue weighted by Crippen LogP contribution is -2.15. The van der Waals surface area contributed by atoms with Crippen LogP contribution in [-0.2, 0) is 21.9 Å². The third-order valence-electron chi connectivity index (χ3n) is 3.93. The molecular weight excluding hydrogens is 400 g/mol. The number of hydrogen-bond acceptors (Lipinski definition) is 6. The summed E-state index contributed by atoms with van der Waals surface area (Å²) >= 11 is 1.25. The van der Waals surface area contributed by atoms with Gasteiger partial charge in [0.1, 0.15) is 5.75 Å². The van der Waals surface area contributed by atoms with Crippen molar-refractivity contribution in [1.82, 2.24) is 9.55 Å². The summed E-state index contributed by atoms with van der Waals surface area (Å²) in [7, 11) is -2.00. The lowest BCUT2D eigenvalue weighted by molar-refractivity contribution is -0.113. The molecule has 1 aromatic heterocycles. The number of nitrogens with one attached hydrogen (secondary N) is 1. The van der Waals surface area contributed by atoms with Crippen molar-refractivity contribution in [3.8, 4) is 5.75 Å². The van der Waals surface area contributed by atoms with Crippen LogP contribution in [0.25, 0.3) is 11.0 Å². The molecule has 0 atom stereocenters. The van der Waals surface area contributed by atoms with Crippen molar-refractivity contribution < 1.29 is 17.9 Å². The molecule has 0 aliphatic heterocycles. The van der Waals surface area contributed by atoms with Crippen molar-refractivity contribution in [2.24, 2.45) is 12.2 Å². The number of aryl methyl sites for hydroxylation is 1. The summed E-state index contributed by atoms with van der Waals surface area (Å²) in [6.07, 6.45) is 0. The fraction of sp³-hybridized carbons (Fsp3) is 0.222. The molecule has 0 spiro atoms. The summed E-state index contributed by atoms with van der Waals surface area (Å²) < 4.78 is 30.3. The average molecular weight is 421 g/mol. The number of imidazole rings is 1. The number of fused-ring (bicyclic) bond motifs is 1. The zero-order valence-corrected chi connectivity index (χ0v) is 17.0. The van der Waals surface area contributed by atoms with Gasteiger partial charge in [-0.1, -0.05) is 23.9 Å². The molecule has 0 unspecified atom stereocenters. The lowest BCUT2D eigenvalue weighted by Gasteiger charge is -2.11. The highest BCUT2D eigenvalue weighted by Gasteiger charge is 2.15. The number of para-hydroxylation sites is 2. The molecule has 0 aliphatic carbocycles. The Bertz CT molecular complexity index is 1130. The van der Waals surface area contributed by atoms with Gasteiger partial charge >= 0.3 is 0 Å². The van der Waals surface area contributed by atoms with Crippen LogP contribution in [0.1, 0.15) is 6.92 Å². The monoisotopic (exact) mass is 420 g/mol. The number of carbonyl (C=O) groups excluding carboxylic acids is 1. The van der Waals surface area contributed by atoms with E-state index in [1.54, 1.807) is 29.8 Å². The van der Waals surface area contributed by atoms with Gasteiger partial charge in [-0.2, -0.15) is 0 Å². The van der Waals surface area contributed by atoms with Crippen molar-refractivity contribution in [3.05, 3.63) is 42.5 Å². The number of sulfonamides is 1. The molecule has 0 bridgehead atoms. The standard InChI is InChI=1S/C18H20N4O4S2/c1-3-26-16-7-5-4-6-13(16)20-17(23)11-27-18-21-14-10-12(28(19,24)25)8-9-15(14)22(18)2/h4-10H,3,11H2,1-2H3,(H,20,23)(H2,19,24,25). The van der Waals surface area contributed by atoms with Gasteiger partial charge < -0.3 is 14.6 Å². The number of amides is 1. The second-order valence-corrected chi connectivity index (χ2v) is 8.42. The molecule has 3 aromatic rings. The van der Waals surface area contributed by atoms with Crippen molar-refractivity contribution in [2.75, 3.05) is 17.7 Å². The van der Waals surface area contributed by atoms with E-state index < -0.39 is 10.0 Å². The van der Waals surface area contributed by atoms with Gasteiger partial charge in [-0.05, 0) is 37.3 Å². The maximum absolute atomic E-state index is 12.3. The van der Waals surface area contributed by atoms with Crippen molar-refractivity contribution in [3.63, 3.8) is 0 Å². The van der Waals surface area contributed by atoms with E-state index in [1.807, 2.05) is 19.1 Å². The molecule has 148 valence electrons. The first-order valence-corrected chi connectivity index (χ1v) is 11.0. The number of carbonyl (C=O) groups is 1. The average Bonchev–Trinajstić information content (AvgIpc) is 2.96. The predicted molar refractivity (Wildman–Crippen MR) is 109 cm³/mol. The zero-order valence-electron chi connectivity index (χ0n) is 15.4. The second-order valence-electron chi connectivity index (χ2n) is 5.91. The first-order valence-electron chi connectivity index (χ1n) is 8.43. The number of ether oxygens (including phenoxy) is 1. The van der Waals surface area contributed by atoms with Crippen molar-refractivity contribution in [2.45, 2.75) is 17.0 Å². The summed E-state index contributed by atoms with van der Waals surface area (Å²) in [5.41, 5.74) is 1.85. The van der Waals surface area contributed by atoms with E-state index in [9.17, 15) is 13.2 Å². The molecule has 1 heterocycles. The highest BCUT2D eigenvalue weighted by Crippen LogP contribution is 2.26. The predicted octanol–water partition coefficient (Wildman–Crippen LogP) is 2.35. The van der Waals surface area contributed by atoms with Crippen molar-refractivity contribution in [1.29, 1.82) is 0 Å². The van der Waals surface area contributed by atoms with Gasteiger partial charge in [-0.15, -0.1) is 0 Å². The van der Waals surface area contributed by atoms with E-state index in [-0.39, 0.29) is 16.6 Å². The number of nitrogens with two attached hydrogens (primary N) is 1. The molecule has 0 aliphatic rings. The Morgan fingerprint density at radius 1 is 1.29 bits per heavy atom. The molecule has 8 nitrogen and oxygen atoms in total. The number of anilines is 1. The van der Waals surface area contributed by atoms with Crippen LogP contribution in [0.2, 0.25) is 0 Å². The van der Waals surface area contributed by atoms with Crippen LogP contribution in [0.3, 0.4) is 0 Å². The van der Waals surface area contributed by atoms with Crippen molar-refractivity contribution >= 4 is 44.4 Å². The molecule has 10 heteroatoms. The Morgan fingerprint density at radius 2 is 2.04 bits per heavy atom. The fourth-order valence-corrected chi connectivity index (χ4v) is 3.95. The minimum atomic E-state index is -3.80. The van der Waals surface area contributed by atoms with Crippen LogP contribution in [0.4, 0.5) is 5.69 Å². The van der Waals surface area contributed by atoms with Crippen LogP contribution in [0, 0.1) is 0 Å². The summed E-state index contributed by atoms with van der Waals surface area (Å²) in [6, 6.07) is 11.7. The Balaban J connectivity index is 1.73. The Hall–Kier alpha value is -2.56. The topological polar surface area (TPSA) is 116 Å². The summed E-state index contributed by atoms with van der Waals surface area (Å²) in [6.45, 7) is 2.38. The number of nitrogens with zero attached hydrogens (tertiary/aromatic N) is 2. The Labute approximate surface area is 167 Å². The highest BCUT2D eigenvalue weighted by molar-refractivity contribution is 7.99. The first kappa shape index (κ1) is 20.2. The molecule has 0 fully saturated rings. The SMILES string of the molecule is CCOc1ccccc1NC(=O)CSc1nc2cc(S(N)(=O)=O)ccc2n1C. The quantitative estimate of drug-likeness (QED) is 0.567. The maximum atomic E-state index is 12.3. The van der Waals surface area contributed by atoms with E-state index >= 15 is 0 Å². The van der Waals surface area contributed by atoms with Gasteiger partial charge in [0.2, 0.25) is 15.9 Å². The van der Waals surface area contributed by atoms with Crippen LogP contribution < -0.4 is 15.2 Å². The van der Waals surface area contributed by atoms with Crippen LogP contribution in [0.15, 0.2) is 52.5 Å². The van der Waals surface area contributed by atoms with Gasteiger partial charge in [-0.25, -0.2) is 18.5 Å². The summed E-state index contributed by atoms with van der Waals surface area (Å²) in [4.78, 5) is 16.7. The molecule has 1 amide bonds. The number of aromatic nitrogens is 2. The van der Waals surface area contributed by atoms with Crippen LogP contribution >= 0.6 is 11.8 Å². The van der Waals surface area contributed by atoms with Gasteiger partial charge in [-0.3, -0.25) is 4.79 Å². The minimum absolute atomic E-state index is 0.0000702. The molecule has 2 aromatic carbocycles. The molecule has 28 heavy (non-hydrogen) atoms. The third kappa shape index (κ3) is 4.46. The Morgan fingerprint density at radius 3 is 2.75 bits per heavy atom. The smallest absolute Gasteiger partial charge is 0.238 e. The molecule has 0 saturated carbocycles. The van der Waals surface area contributed by atoms with E-state index in [1.165, 1.54) is 23.9 Å². The normalized spacial score (nSPS) is 11.5. The van der Waals surface area contributed by atoms with E-state index in [0.29, 0.717) is 28.7 Å². The number of rotatable bonds is 7. The van der Waals surface area contributed by atoms with Crippen LogP contribution in [-0.4, -0.2) is 36.2 Å². The fourth-order valence-electron chi connectivity index (χ4n) is 2.63. The summed E-state index contributed by atoms with van der Waals surface area (Å²) in [5.74, 6) is 0.552. The number of primary sulfonamides is 1. The molecular formula is C18H20N4O4S2. The highest BCUT2D eigenvalue weighted by atomic mass is 32.2. The zero-order chi connectivity index (χ0) is 20.3. The molecule has 3 N–H and O–H groups in total.